The Balaban J connectivity index is 1.81. The van der Waals surface area contributed by atoms with E-state index in [1.807, 2.05) is 18.7 Å². The van der Waals surface area contributed by atoms with Crippen molar-refractivity contribution in [3.63, 3.8) is 0 Å². The smallest absolute Gasteiger partial charge is 0.321 e. The summed E-state index contributed by atoms with van der Waals surface area (Å²) in [6, 6.07) is -0.785. The largest absolute Gasteiger partial charge is 0.335 e. The highest BCUT2D eigenvalue weighted by Gasteiger charge is 2.33. The number of carbonyl (C=O) groups excluding carboxylic acids is 2. The topological polar surface area (TPSA) is 102 Å². The second kappa shape index (κ2) is 10.5. The van der Waals surface area contributed by atoms with Gasteiger partial charge in [-0.05, 0) is 19.8 Å². The molecule has 0 aromatic carbocycles. The molecule has 1 aliphatic heterocycles. The van der Waals surface area contributed by atoms with Crippen LogP contribution >= 0.6 is 0 Å². The molecule has 1 saturated carbocycles. The molecule has 0 bridgehead atoms. The molecular weight excluding hydrogens is 382 g/mol. The van der Waals surface area contributed by atoms with E-state index < -0.39 is 22.3 Å². The van der Waals surface area contributed by atoms with E-state index in [1.54, 1.807) is 6.92 Å². The Bertz CT molecular complexity index is 624. The average Bonchev–Trinajstić information content (AvgIpc) is 2.68. The van der Waals surface area contributed by atoms with E-state index in [4.69, 9.17) is 0 Å². The normalized spacial score (nSPS) is 21.4. The van der Waals surface area contributed by atoms with Crippen molar-refractivity contribution in [1.82, 2.24) is 24.1 Å². The van der Waals surface area contributed by atoms with Crippen molar-refractivity contribution in [3.05, 3.63) is 0 Å². The lowest BCUT2D eigenvalue weighted by molar-refractivity contribution is -0.125. The Labute approximate surface area is 169 Å². The molecule has 0 aromatic rings. The Morgan fingerprint density at radius 3 is 2.14 bits per heavy atom. The number of piperazine rings is 1. The third kappa shape index (κ3) is 5.88. The van der Waals surface area contributed by atoms with Crippen molar-refractivity contribution in [2.24, 2.45) is 0 Å². The lowest BCUT2D eigenvalue weighted by Crippen LogP contribution is -2.58. The molecule has 28 heavy (non-hydrogen) atoms. The molecule has 1 atom stereocenters. The standard InChI is InChI=1S/C18H35N5O4S/c1-4-22(5-2)28(26,27)23-13-11-21(12-14-23)15(3)17(24)20-18(25)19-16-9-7-6-8-10-16/h15-16H,4-14H2,1-3H3,(H2,19,20,24,25). The number of amides is 3. The Morgan fingerprint density at radius 2 is 1.61 bits per heavy atom. The molecule has 2 N–H and O–H groups in total. The fourth-order valence-electron chi connectivity index (χ4n) is 3.89. The summed E-state index contributed by atoms with van der Waals surface area (Å²) < 4.78 is 28.1. The lowest BCUT2D eigenvalue weighted by Gasteiger charge is -2.38. The maximum absolute atomic E-state index is 12.6. The molecule has 0 aromatic heterocycles. The molecule has 10 heteroatoms. The minimum Gasteiger partial charge on any atom is -0.335 e. The highest BCUT2D eigenvalue weighted by molar-refractivity contribution is 7.86. The molecule has 0 spiro atoms. The molecule has 3 amide bonds. The molecule has 0 radical (unpaired) electrons. The van der Waals surface area contributed by atoms with Crippen LogP contribution in [0.2, 0.25) is 0 Å². The van der Waals surface area contributed by atoms with Crippen LogP contribution in [0.15, 0.2) is 0 Å². The first-order valence-corrected chi connectivity index (χ1v) is 11.8. The van der Waals surface area contributed by atoms with E-state index in [2.05, 4.69) is 10.6 Å². The first-order valence-electron chi connectivity index (χ1n) is 10.4. The Hall–Kier alpha value is -1.23. The van der Waals surface area contributed by atoms with Gasteiger partial charge in [0.25, 0.3) is 10.2 Å². The van der Waals surface area contributed by atoms with Crippen LogP contribution in [0.25, 0.3) is 0 Å². The van der Waals surface area contributed by atoms with Crippen LogP contribution in [0.3, 0.4) is 0 Å². The number of carbonyl (C=O) groups is 2. The van der Waals surface area contributed by atoms with Gasteiger partial charge >= 0.3 is 6.03 Å². The number of urea groups is 1. The first-order chi connectivity index (χ1) is 13.3. The van der Waals surface area contributed by atoms with E-state index in [1.165, 1.54) is 15.0 Å². The van der Waals surface area contributed by atoms with E-state index >= 15 is 0 Å². The predicted molar refractivity (Wildman–Crippen MR) is 108 cm³/mol. The van der Waals surface area contributed by atoms with Crippen LogP contribution in [0.5, 0.6) is 0 Å². The third-order valence-electron chi connectivity index (χ3n) is 5.74. The maximum atomic E-state index is 12.6. The summed E-state index contributed by atoms with van der Waals surface area (Å²) in [5.41, 5.74) is 0. The number of nitrogens with one attached hydrogen (secondary N) is 2. The van der Waals surface area contributed by atoms with Crippen LogP contribution in [0.4, 0.5) is 4.79 Å². The monoisotopic (exact) mass is 417 g/mol. The summed E-state index contributed by atoms with van der Waals surface area (Å²) in [5, 5.41) is 5.31. The average molecular weight is 418 g/mol. The zero-order valence-electron chi connectivity index (χ0n) is 17.3. The van der Waals surface area contributed by atoms with E-state index in [-0.39, 0.29) is 11.9 Å². The lowest BCUT2D eigenvalue weighted by atomic mass is 9.96. The van der Waals surface area contributed by atoms with Crippen molar-refractivity contribution in [1.29, 1.82) is 0 Å². The summed E-state index contributed by atoms with van der Waals surface area (Å²) in [6.07, 6.45) is 5.33. The second-order valence-corrected chi connectivity index (χ2v) is 9.43. The van der Waals surface area contributed by atoms with Gasteiger partial charge in [0.15, 0.2) is 0 Å². The zero-order valence-corrected chi connectivity index (χ0v) is 18.1. The minimum atomic E-state index is -3.45. The van der Waals surface area contributed by atoms with Gasteiger partial charge in [0.2, 0.25) is 5.91 Å². The highest BCUT2D eigenvalue weighted by atomic mass is 32.2. The molecule has 1 heterocycles. The molecule has 1 aliphatic carbocycles. The van der Waals surface area contributed by atoms with E-state index in [9.17, 15) is 18.0 Å². The van der Waals surface area contributed by atoms with Crippen LogP contribution in [-0.2, 0) is 15.0 Å². The number of hydrogen-bond acceptors (Lipinski definition) is 5. The van der Waals surface area contributed by atoms with Crippen LogP contribution in [0, 0.1) is 0 Å². The zero-order chi connectivity index (χ0) is 20.7. The van der Waals surface area contributed by atoms with Crippen LogP contribution in [0.1, 0.15) is 52.9 Å². The molecule has 2 fully saturated rings. The number of hydrogen-bond donors (Lipinski definition) is 2. The van der Waals surface area contributed by atoms with Crippen LogP contribution in [-0.4, -0.2) is 85.2 Å². The SMILES string of the molecule is CCN(CC)S(=O)(=O)N1CCN(C(C)C(=O)NC(=O)NC2CCCCC2)CC1. The summed E-state index contributed by atoms with van der Waals surface area (Å²) in [4.78, 5) is 26.4. The van der Waals surface area contributed by atoms with Crippen molar-refractivity contribution >= 4 is 22.1 Å². The predicted octanol–water partition coefficient (Wildman–Crippen LogP) is 0.738. The fraction of sp³-hybridized carbons (Fsp3) is 0.889. The summed E-state index contributed by atoms with van der Waals surface area (Å²) in [7, 11) is -3.45. The number of rotatable bonds is 7. The van der Waals surface area contributed by atoms with Gasteiger partial charge in [-0.3, -0.25) is 15.0 Å². The highest BCUT2D eigenvalue weighted by Crippen LogP contribution is 2.17. The molecule has 9 nitrogen and oxygen atoms in total. The molecule has 2 rings (SSSR count). The van der Waals surface area contributed by atoms with Crippen molar-refractivity contribution in [3.8, 4) is 0 Å². The van der Waals surface area contributed by atoms with E-state index in [0.29, 0.717) is 39.3 Å². The second-order valence-electron chi connectivity index (χ2n) is 7.50. The number of nitrogens with zero attached hydrogens (tertiary/aromatic N) is 3. The molecule has 2 aliphatic rings. The Kier molecular flexibility index (Phi) is 8.66. The molecular formula is C18H35N5O4S. The summed E-state index contributed by atoms with van der Waals surface area (Å²) >= 11 is 0. The van der Waals surface area contributed by atoms with E-state index in [0.717, 1.165) is 25.7 Å². The third-order valence-corrected chi connectivity index (χ3v) is 7.92. The van der Waals surface area contributed by atoms with Gasteiger partial charge < -0.3 is 5.32 Å². The van der Waals surface area contributed by atoms with Crippen LogP contribution < -0.4 is 10.6 Å². The quantitative estimate of drug-likeness (QED) is 0.636. The van der Waals surface area contributed by atoms with Crippen molar-refractivity contribution in [2.45, 2.75) is 65.0 Å². The van der Waals surface area contributed by atoms with Gasteiger partial charge in [0.1, 0.15) is 0 Å². The van der Waals surface area contributed by atoms with Gasteiger partial charge in [-0.2, -0.15) is 17.0 Å². The fourth-order valence-corrected chi connectivity index (χ4v) is 5.49. The Morgan fingerprint density at radius 1 is 1.04 bits per heavy atom. The van der Waals surface area contributed by atoms with Crippen molar-refractivity contribution < 1.29 is 18.0 Å². The summed E-state index contributed by atoms with van der Waals surface area (Å²) in [6.45, 7) is 7.86. The number of imide groups is 1. The van der Waals surface area contributed by atoms with Crippen molar-refractivity contribution in [2.75, 3.05) is 39.3 Å². The van der Waals surface area contributed by atoms with Gasteiger partial charge in [-0.1, -0.05) is 33.1 Å². The van der Waals surface area contributed by atoms with Gasteiger partial charge in [-0.25, -0.2) is 4.79 Å². The minimum absolute atomic E-state index is 0.144. The van der Waals surface area contributed by atoms with Gasteiger partial charge in [0.05, 0.1) is 6.04 Å². The first kappa shape index (κ1) is 23.1. The molecule has 162 valence electrons. The molecule has 1 saturated heterocycles. The van der Waals surface area contributed by atoms with Gasteiger partial charge in [0, 0.05) is 45.3 Å². The molecule has 1 unspecified atom stereocenters. The maximum Gasteiger partial charge on any atom is 0.321 e. The summed E-state index contributed by atoms with van der Waals surface area (Å²) in [5.74, 6) is -0.353. The van der Waals surface area contributed by atoms with Gasteiger partial charge in [-0.15, -0.1) is 0 Å².